The van der Waals surface area contributed by atoms with E-state index in [0.717, 1.165) is 0 Å². The molecule has 1 aromatic carbocycles. The van der Waals surface area contributed by atoms with Gasteiger partial charge in [-0.2, -0.15) is 0 Å². The topological polar surface area (TPSA) is 122 Å². The number of nitro benzene ring substituents is 1. The first-order chi connectivity index (χ1) is 11.6. The molecule has 0 saturated carbocycles. The van der Waals surface area contributed by atoms with Crippen LogP contribution in [0.1, 0.15) is 21.8 Å². The van der Waals surface area contributed by atoms with E-state index in [9.17, 15) is 14.9 Å². The molecular formula is C15H11N3O6. The molecule has 0 aliphatic heterocycles. The lowest BCUT2D eigenvalue weighted by Crippen LogP contribution is -2.08. The molecule has 0 N–H and O–H groups in total. The second-order valence-corrected chi connectivity index (χ2v) is 4.76. The number of hydrogen-bond donors (Lipinski definition) is 0. The highest BCUT2D eigenvalue weighted by molar-refractivity contribution is 5.92. The zero-order valence-corrected chi connectivity index (χ0v) is 12.5. The van der Waals surface area contributed by atoms with Crippen molar-refractivity contribution in [1.82, 2.24) is 10.2 Å². The fraction of sp³-hybridized carbons (Fsp3) is 0.133. The summed E-state index contributed by atoms with van der Waals surface area (Å²) in [5.41, 5.74) is 0.187. The molecular weight excluding hydrogens is 318 g/mol. The number of furan rings is 1. The highest BCUT2D eigenvalue weighted by atomic mass is 16.6. The van der Waals surface area contributed by atoms with E-state index in [1.54, 1.807) is 12.1 Å². The van der Waals surface area contributed by atoms with E-state index in [0.29, 0.717) is 5.76 Å². The summed E-state index contributed by atoms with van der Waals surface area (Å²) in [5, 5.41) is 18.4. The normalized spacial score (nSPS) is 10.5. The number of nitro groups is 1. The van der Waals surface area contributed by atoms with E-state index in [1.165, 1.54) is 31.4 Å². The van der Waals surface area contributed by atoms with Gasteiger partial charge in [0, 0.05) is 11.6 Å². The molecule has 0 amide bonds. The number of carbonyl (C=O) groups excluding carboxylic acids is 1. The van der Waals surface area contributed by atoms with Gasteiger partial charge in [0.15, 0.2) is 12.4 Å². The fourth-order valence-electron chi connectivity index (χ4n) is 2.06. The molecule has 0 aliphatic rings. The van der Waals surface area contributed by atoms with Crippen molar-refractivity contribution >= 4 is 11.7 Å². The first kappa shape index (κ1) is 15.4. The number of benzene rings is 1. The predicted molar refractivity (Wildman–Crippen MR) is 79.0 cm³/mol. The Balaban J connectivity index is 1.70. The summed E-state index contributed by atoms with van der Waals surface area (Å²) in [6.07, 6.45) is 1.46. The highest BCUT2D eigenvalue weighted by Gasteiger charge is 2.20. The van der Waals surface area contributed by atoms with Crippen LogP contribution in [0.15, 0.2) is 45.4 Å². The largest absolute Gasteiger partial charge is 0.459 e. The standard InChI is InChI=1S/C15H11N3O6/c1-9-10(4-2-5-11(9)18(20)21)15(19)23-8-13-16-17-14(24-13)12-6-3-7-22-12/h2-7H,8H2,1H3. The molecule has 2 heterocycles. The fourth-order valence-corrected chi connectivity index (χ4v) is 2.06. The maximum absolute atomic E-state index is 12.1. The quantitative estimate of drug-likeness (QED) is 0.398. The van der Waals surface area contributed by atoms with Crippen LogP contribution in [0.2, 0.25) is 0 Å². The Morgan fingerprint density at radius 2 is 2.12 bits per heavy atom. The Kier molecular flexibility index (Phi) is 4.06. The highest BCUT2D eigenvalue weighted by Crippen LogP contribution is 2.22. The van der Waals surface area contributed by atoms with Gasteiger partial charge in [0.05, 0.1) is 16.7 Å². The molecule has 9 heteroatoms. The second-order valence-electron chi connectivity index (χ2n) is 4.76. The van der Waals surface area contributed by atoms with Crippen LogP contribution in [-0.4, -0.2) is 21.1 Å². The number of hydrogen-bond acceptors (Lipinski definition) is 8. The minimum Gasteiger partial charge on any atom is -0.459 e. The van der Waals surface area contributed by atoms with E-state index >= 15 is 0 Å². The van der Waals surface area contributed by atoms with E-state index < -0.39 is 10.9 Å². The van der Waals surface area contributed by atoms with Gasteiger partial charge >= 0.3 is 5.97 Å². The number of carbonyl (C=O) groups is 1. The summed E-state index contributed by atoms with van der Waals surface area (Å²) < 4.78 is 15.5. The molecule has 24 heavy (non-hydrogen) atoms. The lowest BCUT2D eigenvalue weighted by atomic mass is 10.1. The van der Waals surface area contributed by atoms with Crippen LogP contribution in [0.4, 0.5) is 5.69 Å². The summed E-state index contributed by atoms with van der Waals surface area (Å²) in [4.78, 5) is 22.4. The number of esters is 1. The van der Waals surface area contributed by atoms with Gasteiger partial charge in [-0.15, -0.1) is 10.2 Å². The first-order valence-electron chi connectivity index (χ1n) is 6.83. The van der Waals surface area contributed by atoms with Gasteiger partial charge in [-0.1, -0.05) is 6.07 Å². The van der Waals surface area contributed by atoms with Crippen LogP contribution in [-0.2, 0) is 11.3 Å². The minimum atomic E-state index is -0.714. The third-order valence-electron chi connectivity index (χ3n) is 3.25. The molecule has 2 aromatic heterocycles. The van der Waals surface area contributed by atoms with Gasteiger partial charge in [-0.05, 0) is 25.1 Å². The van der Waals surface area contributed by atoms with Crippen LogP contribution in [0.25, 0.3) is 11.7 Å². The Morgan fingerprint density at radius 3 is 2.83 bits per heavy atom. The van der Waals surface area contributed by atoms with Gasteiger partial charge in [-0.25, -0.2) is 4.79 Å². The van der Waals surface area contributed by atoms with E-state index in [1.807, 2.05) is 0 Å². The molecule has 0 unspecified atom stereocenters. The van der Waals surface area contributed by atoms with Gasteiger partial charge in [0.2, 0.25) is 0 Å². The van der Waals surface area contributed by atoms with Gasteiger partial charge in [-0.3, -0.25) is 10.1 Å². The summed E-state index contributed by atoms with van der Waals surface area (Å²) in [6, 6.07) is 7.51. The monoisotopic (exact) mass is 329 g/mol. The van der Waals surface area contributed by atoms with Crippen molar-refractivity contribution in [3.05, 3.63) is 63.7 Å². The van der Waals surface area contributed by atoms with Crippen molar-refractivity contribution in [2.75, 3.05) is 0 Å². The van der Waals surface area contributed by atoms with Crippen molar-refractivity contribution in [3.63, 3.8) is 0 Å². The number of ether oxygens (including phenoxy) is 1. The molecule has 9 nitrogen and oxygen atoms in total. The van der Waals surface area contributed by atoms with Gasteiger partial charge < -0.3 is 13.6 Å². The number of rotatable bonds is 5. The van der Waals surface area contributed by atoms with Crippen molar-refractivity contribution < 1.29 is 23.3 Å². The van der Waals surface area contributed by atoms with Crippen molar-refractivity contribution in [2.24, 2.45) is 0 Å². The molecule has 3 aromatic rings. The maximum atomic E-state index is 12.1. The second kappa shape index (κ2) is 6.32. The van der Waals surface area contributed by atoms with Crippen molar-refractivity contribution in [1.29, 1.82) is 0 Å². The van der Waals surface area contributed by atoms with Crippen LogP contribution >= 0.6 is 0 Å². The van der Waals surface area contributed by atoms with Crippen molar-refractivity contribution in [2.45, 2.75) is 13.5 Å². The third-order valence-corrected chi connectivity index (χ3v) is 3.25. The summed E-state index contributed by atoms with van der Waals surface area (Å²) in [7, 11) is 0. The summed E-state index contributed by atoms with van der Waals surface area (Å²) in [6.45, 7) is 1.23. The zero-order chi connectivity index (χ0) is 17.1. The summed E-state index contributed by atoms with van der Waals surface area (Å²) >= 11 is 0. The molecule has 0 saturated heterocycles. The molecule has 0 radical (unpaired) electrons. The third kappa shape index (κ3) is 3.00. The van der Waals surface area contributed by atoms with E-state index in [2.05, 4.69) is 10.2 Å². The Morgan fingerprint density at radius 1 is 1.29 bits per heavy atom. The molecule has 0 bridgehead atoms. The minimum absolute atomic E-state index is 0.0813. The molecule has 0 atom stereocenters. The first-order valence-corrected chi connectivity index (χ1v) is 6.83. The van der Waals surface area contributed by atoms with Crippen LogP contribution in [0.5, 0.6) is 0 Å². The molecule has 0 spiro atoms. The van der Waals surface area contributed by atoms with E-state index in [-0.39, 0.29) is 35.2 Å². The van der Waals surface area contributed by atoms with Crippen LogP contribution in [0.3, 0.4) is 0 Å². The zero-order valence-electron chi connectivity index (χ0n) is 12.5. The van der Waals surface area contributed by atoms with Gasteiger partial charge in [0.25, 0.3) is 17.5 Å². The SMILES string of the molecule is Cc1c(C(=O)OCc2nnc(-c3ccco3)o2)cccc1[N+](=O)[O-]. The number of aromatic nitrogens is 2. The van der Waals surface area contributed by atoms with Gasteiger partial charge in [0.1, 0.15) is 0 Å². The maximum Gasteiger partial charge on any atom is 0.339 e. The smallest absolute Gasteiger partial charge is 0.339 e. The van der Waals surface area contributed by atoms with Crippen molar-refractivity contribution in [3.8, 4) is 11.7 Å². The Labute approximate surface area is 135 Å². The Hall–Kier alpha value is -3.49. The molecule has 0 aliphatic carbocycles. The lowest BCUT2D eigenvalue weighted by molar-refractivity contribution is -0.385. The average molecular weight is 329 g/mol. The predicted octanol–water partition coefficient (Wildman–Crippen LogP) is 2.90. The summed E-state index contributed by atoms with van der Waals surface area (Å²) in [5.74, 6) is -0.0704. The average Bonchev–Trinajstić information content (AvgIpc) is 3.23. The number of nitrogens with zero attached hydrogens (tertiary/aromatic N) is 3. The lowest BCUT2D eigenvalue weighted by Gasteiger charge is -2.05. The Bertz CT molecular complexity index is 885. The van der Waals surface area contributed by atoms with E-state index in [4.69, 9.17) is 13.6 Å². The van der Waals surface area contributed by atoms with Crippen LogP contribution < -0.4 is 0 Å². The molecule has 122 valence electrons. The molecule has 0 fully saturated rings. The van der Waals surface area contributed by atoms with Crippen LogP contribution in [0, 0.1) is 17.0 Å². The molecule has 3 rings (SSSR count).